The van der Waals surface area contributed by atoms with Crippen LogP contribution >= 0.6 is 0 Å². The summed E-state index contributed by atoms with van der Waals surface area (Å²) in [5.41, 5.74) is 8.86. The van der Waals surface area contributed by atoms with Gasteiger partial charge in [0.1, 0.15) is 12.4 Å². The summed E-state index contributed by atoms with van der Waals surface area (Å²) < 4.78 is 5.67. The van der Waals surface area contributed by atoms with E-state index in [1.165, 1.54) is 5.48 Å². The quantitative estimate of drug-likeness (QED) is 0.431. The van der Waals surface area contributed by atoms with Crippen molar-refractivity contribution in [2.45, 2.75) is 25.5 Å². The molecule has 7 heteroatoms. The van der Waals surface area contributed by atoms with Crippen LogP contribution in [0.25, 0.3) is 0 Å². The van der Waals surface area contributed by atoms with Crippen LogP contribution in [0.2, 0.25) is 0 Å². The van der Waals surface area contributed by atoms with Crippen molar-refractivity contribution in [3.05, 3.63) is 60.2 Å². The fourth-order valence-electron chi connectivity index (χ4n) is 2.08. The minimum Gasteiger partial charge on any atom is -0.489 e. The number of benzene rings is 2. The van der Waals surface area contributed by atoms with Gasteiger partial charge >= 0.3 is 0 Å². The van der Waals surface area contributed by atoms with Crippen LogP contribution in [0.5, 0.6) is 5.75 Å². The van der Waals surface area contributed by atoms with Gasteiger partial charge in [-0.05, 0) is 36.2 Å². The number of rotatable bonds is 8. The second-order valence-corrected chi connectivity index (χ2v) is 5.47. The zero-order valence-electron chi connectivity index (χ0n) is 13.6. The Kier molecular flexibility index (Phi) is 6.94. The van der Waals surface area contributed by atoms with Crippen molar-refractivity contribution in [1.29, 1.82) is 0 Å². The van der Waals surface area contributed by atoms with Gasteiger partial charge in [0.15, 0.2) is 0 Å². The molecule has 0 radical (unpaired) electrons. The number of hydrogen-bond donors (Lipinski definition) is 4. The highest BCUT2D eigenvalue weighted by molar-refractivity contribution is 5.95. The Labute approximate surface area is 145 Å². The molecule has 1 atom stereocenters. The lowest BCUT2D eigenvalue weighted by molar-refractivity contribution is -0.129. The van der Waals surface area contributed by atoms with E-state index in [4.69, 9.17) is 15.7 Å². The third-order valence-electron chi connectivity index (χ3n) is 3.51. The fourth-order valence-corrected chi connectivity index (χ4v) is 2.08. The van der Waals surface area contributed by atoms with Gasteiger partial charge in [0, 0.05) is 12.1 Å². The first-order chi connectivity index (χ1) is 12.1. The van der Waals surface area contributed by atoms with Gasteiger partial charge in [-0.1, -0.05) is 30.3 Å². The maximum atomic E-state index is 11.9. The van der Waals surface area contributed by atoms with E-state index in [-0.39, 0.29) is 12.8 Å². The number of carbonyl (C=O) groups is 2. The number of ether oxygens (including phenoxy) is 1. The Morgan fingerprint density at radius 1 is 1.08 bits per heavy atom. The first kappa shape index (κ1) is 18.4. The Morgan fingerprint density at radius 2 is 1.76 bits per heavy atom. The highest BCUT2D eigenvalue weighted by Gasteiger charge is 2.15. The van der Waals surface area contributed by atoms with Gasteiger partial charge in [-0.25, -0.2) is 5.48 Å². The SMILES string of the molecule is N[C@@H](CCC(=O)NO)C(=O)Nc1ccc(OCc2ccccc2)cc1. The van der Waals surface area contributed by atoms with Gasteiger partial charge in [0.05, 0.1) is 6.04 Å². The maximum Gasteiger partial charge on any atom is 0.243 e. The molecule has 0 aromatic heterocycles. The largest absolute Gasteiger partial charge is 0.489 e. The van der Waals surface area contributed by atoms with Crippen LogP contribution in [0.1, 0.15) is 18.4 Å². The summed E-state index contributed by atoms with van der Waals surface area (Å²) in [6.45, 7) is 0.463. The molecule has 2 aromatic rings. The molecule has 0 saturated heterocycles. The van der Waals surface area contributed by atoms with Gasteiger partial charge in [-0.2, -0.15) is 0 Å². The Balaban J connectivity index is 1.81. The third kappa shape index (κ3) is 6.25. The molecule has 0 bridgehead atoms. The molecule has 0 heterocycles. The van der Waals surface area contributed by atoms with E-state index in [2.05, 4.69) is 5.32 Å². The number of carbonyl (C=O) groups excluding carboxylic acids is 2. The van der Waals surface area contributed by atoms with Crippen LogP contribution < -0.4 is 21.3 Å². The average Bonchev–Trinajstić information content (AvgIpc) is 2.66. The third-order valence-corrected chi connectivity index (χ3v) is 3.51. The number of nitrogens with one attached hydrogen (secondary N) is 2. The standard InChI is InChI=1S/C18H21N3O4/c19-16(10-11-17(22)21-24)18(23)20-14-6-8-15(9-7-14)25-12-13-4-2-1-3-5-13/h1-9,16,24H,10-12,19H2,(H,20,23)(H,21,22)/t16-/m0/s1. The topological polar surface area (TPSA) is 114 Å². The fraction of sp³-hybridized carbons (Fsp3) is 0.222. The normalized spacial score (nSPS) is 11.4. The average molecular weight is 343 g/mol. The van der Waals surface area contributed by atoms with Crippen molar-refractivity contribution in [2.75, 3.05) is 5.32 Å². The molecule has 25 heavy (non-hydrogen) atoms. The van der Waals surface area contributed by atoms with Gasteiger partial charge in [0.25, 0.3) is 0 Å². The minimum atomic E-state index is -0.841. The molecular weight excluding hydrogens is 322 g/mol. The number of nitrogens with two attached hydrogens (primary N) is 1. The van der Waals surface area contributed by atoms with E-state index in [0.29, 0.717) is 18.0 Å². The molecule has 0 aliphatic rings. The smallest absolute Gasteiger partial charge is 0.243 e. The molecule has 0 unspecified atom stereocenters. The molecule has 2 rings (SSSR count). The molecule has 0 aliphatic carbocycles. The Morgan fingerprint density at radius 3 is 2.40 bits per heavy atom. The molecular formula is C18H21N3O4. The Hall–Kier alpha value is -2.90. The molecule has 0 saturated carbocycles. The summed E-state index contributed by atoms with van der Waals surface area (Å²) in [6.07, 6.45) is 0.105. The molecule has 2 aromatic carbocycles. The summed E-state index contributed by atoms with van der Waals surface area (Å²) in [6, 6.07) is 15.9. The Bertz CT molecular complexity index is 689. The van der Waals surface area contributed by atoms with Crippen molar-refractivity contribution < 1.29 is 19.5 Å². The van der Waals surface area contributed by atoms with Crippen LogP contribution in [0.15, 0.2) is 54.6 Å². The summed E-state index contributed by atoms with van der Waals surface area (Å²) >= 11 is 0. The highest BCUT2D eigenvalue weighted by atomic mass is 16.5. The zero-order valence-corrected chi connectivity index (χ0v) is 13.6. The van der Waals surface area contributed by atoms with Gasteiger partial charge in [0.2, 0.25) is 11.8 Å². The number of amides is 2. The van der Waals surface area contributed by atoms with E-state index in [0.717, 1.165) is 5.56 Å². The minimum absolute atomic E-state index is 0.0304. The summed E-state index contributed by atoms with van der Waals surface area (Å²) in [5, 5.41) is 11.1. The highest BCUT2D eigenvalue weighted by Crippen LogP contribution is 2.17. The van der Waals surface area contributed by atoms with Crippen molar-refractivity contribution in [3.63, 3.8) is 0 Å². The maximum absolute atomic E-state index is 11.9. The van der Waals surface area contributed by atoms with Crippen LogP contribution in [0.3, 0.4) is 0 Å². The van der Waals surface area contributed by atoms with E-state index in [1.54, 1.807) is 24.3 Å². The van der Waals surface area contributed by atoms with Crippen LogP contribution in [0, 0.1) is 0 Å². The van der Waals surface area contributed by atoms with Crippen LogP contribution in [-0.4, -0.2) is 23.1 Å². The summed E-state index contributed by atoms with van der Waals surface area (Å²) in [7, 11) is 0. The second-order valence-electron chi connectivity index (χ2n) is 5.47. The molecule has 2 amide bonds. The van der Waals surface area contributed by atoms with Crippen molar-refractivity contribution in [1.82, 2.24) is 5.48 Å². The van der Waals surface area contributed by atoms with Crippen molar-refractivity contribution in [2.24, 2.45) is 5.73 Å². The summed E-state index contributed by atoms with van der Waals surface area (Å²) in [5.74, 6) is -0.294. The first-order valence-electron chi connectivity index (χ1n) is 7.84. The van der Waals surface area contributed by atoms with E-state index in [1.807, 2.05) is 30.3 Å². The van der Waals surface area contributed by atoms with Crippen LogP contribution in [-0.2, 0) is 16.2 Å². The lowest BCUT2D eigenvalue weighted by atomic mass is 10.1. The summed E-state index contributed by atoms with van der Waals surface area (Å²) in [4.78, 5) is 22.9. The number of hydroxylamine groups is 1. The monoisotopic (exact) mass is 343 g/mol. The van der Waals surface area contributed by atoms with Crippen LogP contribution in [0.4, 0.5) is 5.69 Å². The van der Waals surface area contributed by atoms with Crippen molar-refractivity contribution in [3.8, 4) is 5.75 Å². The molecule has 5 N–H and O–H groups in total. The molecule has 7 nitrogen and oxygen atoms in total. The van der Waals surface area contributed by atoms with E-state index >= 15 is 0 Å². The number of hydrogen-bond acceptors (Lipinski definition) is 5. The van der Waals surface area contributed by atoms with Gasteiger partial charge in [-0.15, -0.1) is 0 Å². The molecule has 0 fully saturated rings. The predicted molar refractivity (Wildman–Crippen MR) is 93.0 cm³/mol. The van der Waals surface area contributed by atoms with Gasteiger partial charge < -0.3 is 15.8 Å². The lowest BCUT2D eigenvalue weighted by Gasteiger charge is -2.12. The van der Waals surface area contributed by atoms with E-state index < -0.39 is 17.9 Å². The van der Waals surface area contributed by atoms with Gasteiger partial charge in [-0.3, -0.25) is 14.8 Å². The van der Waals surface area contributed by atoms with Crippen molar-refractivity contribution >= 4 is 17.5 Å². The molecule has 0 aliphatic heterocycles. The number of anilines is 1. The zero-order chi connectivity index (χ0) is 18.1. The van der Waals surface area contributed by atoms with E-state index in [9.17, 15) is 9.59 Å². The predicted octanol–water partition coefficient (Wildman–Crippen LogP) is 1.82. The first-order valence-corrected chi connectivity index (χ1v) is 7.84. The second kappa shape index (κ2) is 9.41. The lowest BCUT2D eigenvalue weighted by Crippen LogP contribution is -2.36. The molecule has 132 valence electrons. The molecule has 0 spiro atoms.